The van der Waals surface area contributed by atoms with E-state index in [2.05, 4.69) is 11.9 Å². The molecule has 0 atom stereocenters. The van der Waals surface area contributed by atoms with Gasteiger partial charge in [-0.25, -0.2) is 0 Å². The van der Waals surface area contributed by atoms with Crippen molar-refractivity contribution in [3.8, 4) is 0 Å². The predicted molar refractivity (Wildman–Crippen MR) is 117 cm³/mol. The second-order valence-electron chi connectivity index (χ2n) is 7.01. The van der Waals surface area contributed by atoms with Crippen molar-refractivity contribution in [2.24, 2.45) is 0 Å². The number of hydrogen-bond donors (Lipinski definition) is 1. The molecule has 6 nitrogen and oxygen atoms in total. The monoisotopic (exact) mass is 425 g/mol. The van der Waals surface area contributed by atoms with Crippen LogP contribution in [0.25, 0.3) is 5.70 Å². The van der Waals surface area contributed by atoms with Gasteiger partial charge in [-0.15, -0.1) is 0 Å². The zero-order valence-corrected chi connectivity index (χ0v) is 17.6. The van der Waals surface area contributed by atoms with Gasteiger partial charge in [0, 0.05) is 47.9 Å². The summed E-state index contributed by atoms with van der Waals surface area (Å²) in [7, 11) is 0. The van der Waals surface area contributed by atoms with Gasteiger partial charge in [-0.3, -0.25) is 14.4 Å². The molecule has 0 fully saturated rings. The Kier molecular flexibility index (Phi) is 6.90. The predicted octanol–water partition coefficient (Wildman–Crippen LogP) is 3.32. The molecule has 1 aliphatic rings. The van der Waals surface area contributed by atoms with Gasteiger partial charge in [0.25, 0.3) is 5.91 Å². The molecule has 0 aromatic heterocycles. The first-order valence-electron chi connectivity index (χ1n) is 9.79. The molecule has 0 unspecified atom stereocenters. The standard InChI is InChI=1S/C23H24ClN3O3/c1-3-26(15-21(28)25-14-17-8-10-18(24)11-9-17)22(29)12-13-27-16(2)19-6-4-5-7-20(19)23(27)30/h4-11H,2-3,12-15H2,1H3,(H,25,28). The van der Waals surface area contributed by atoms with Gasteiger partial charge >= 0.3 is 0 Å². The number of benzene rings is 2. The minimum Gasteiger partial charge on any atom is -0.350 e. The SMILES string of the molecule is C=C1c2ccccc2C(=O)N1CCC(=O)N(CC)CC(=O)NCc1ccc(Cl)cc1. The normalized spacial score (nSPS) is 12.7. The van der Waals surface area contributed by atoms with Crippen LogP contribution in [-0.4, -0.2) is 47.2 Å². The fraction of sp³-hybridized carbons (Fsp3) is 0.261. The zero-order valence-electron chi connectivity index (χ0n) is 16.9. The van der Waals surface area contributed by atoms with Crippen LogP contribution in [0, 0.1) is 0 Å². The minimum atomic E-state index is -0.241. The number of nitrogens with zero attached hydrogens (tertiary/aromatic N) is 2. The summed E-state index contributed by atoms with van der Waals surface area (Å²) in [5, 5.41) is 3.44. The number of amides is 3. The lowest BCUT2D eigenvalue weighted by Crippen LogP contribution is -2.41. The van der Waals surface area contributed by atoms with Crippen LogP contribution >= 0.6 is 11.6 Å². The maximum atomic E-state index is 12.6. The number of carbonyl (C=O) groups is 3. The Morgan fingerprint density at radius 1 is 1.10 bits per heavy atom. The Labute approximate surface area is 181 Å². The van der Waals surface area contributed by atoms with Gasteiger partial charge < -0.3 is 15.1 Å². The second kappa shape index (κ2) is 9.59. The summed E-state index contributed by atoms with van der Waals surface area (Å²) < 4.78 is 0. The fourth-order valence-corrected chi connectivity index (χ4v) is 3.47. The van der Waals surface area contributed by atoms with E-state index in [4.69, 9.17) is 11.6 Å². The van der Waals surface area contributed by atoms with Crippen molar-refractivity contribution in [2.45, 2.75) is 19.9 Å². The van der Waals surface area contributed by atoms with Gasteiger partial charge in [0.1, 0.15) is 0 Å². The third kappa shape index (κ3) is 4.89. The molecule has 0 saturated heterocycles. The average molecular weight is 426 g/mol. The lowest BCUT2D eigenvalue weighted by atomic mass is 10.1. The Balaban J connectivity index is 1.50. The largest absolute Gasteiger partial charge is 0.350 e. The number of nitrogens with one attached hydrogen (secondary N) is 1. The van der Waals surface area contributed by atoms with Crippen molar-refractivity contribution in [2.75, 3.05) is 19.6 Å². The van der Waals surface area contributed by atoms with Gasteiger partial charge in [0.05, 0.1) is 6.54 Å². The van der Waals surface area contributed by atoms with E-state index >= 15 is 0 Å². The van der Waals surface area contributed by atoms with Crippen molar-refractivity contribution < 1.29 is 14.4 Å². The first kappa shape index (κ1) is 21.6. The van der Waals surface area contributed by atoms with E-state index < -0.39 is 0 Å². The van der Waals surface area contributed by atoms with Crippen LogP contribution in [0.1, 0.15) is 34.8 Å². The molecule has 1 heterocycles. The van der Waals surface area contributed by atoms with E-state index in [0.29, 0.717) is 29.4 Å². The van der Waals surface area contributed by atoms with Crippen LogP contribution in [0.2, 0.25) is 5.02 Å². The number of carbonyl (C=O) groups excluding carboxylic acids is 3. The molecule has 3 amide bonds. The average Bonchev–Trinajstić information content (AvgIpc) is 3.00. The Bertz CT molecular complexity index is 937. The van der Waals surface area contributed by atoms with Gasteiger partial charge in [0.2, 0.25) is 11.8 Å². The summed E-state index contributed by atoms with van der Waals surface area (Å²) in [5.74, 6) is -0.572. The van der Waals surface area contributed by atoms with Gasteiger partial charge in [-0.05, 0) is 30.7 Å². The molecular weight excluding hydrogens is 402 g/mol. The molecule has 2 aromatic rings. The molecule has 0 aliphatic carbocycles. The number of likely N-dealkylation sites (N-methyl/N-ethyl adjacent to an activating group) is 1. The quantitative estimate of drug-likeness (QED) is 0.705. The van der Waals surface area contributed by atoms with Crippen molar-refractivity contribution in [3.63, 3.8) is 0 Å². The van der Waals surface area contributed by atoms with Crippen molar-refractivity contribution in [3.05, 3.63) is 76.8 Å². The molecule has 30 heavy (non-hydrogen) atoms. The third-order valence-corrected chi connectivity index (χ3v) is 5.31. The smallest absolute Gasteiger partial charge is 0.258 e. The van der Waals surface area contributed by atoms with Gasteiger partial charge in [-0.1, -0.05) is 48.5 Å². The lowest BCUT2D eigenvalue weighted by Gasteiger charge is -2.23. The summed E-state index contributed by atoms with van der Waals surface area (Å²) in [6.45, 7) is 6.77. The van der Waals surface area contributed by atoms with Crippen LogP contribution in [-0.2, 0) is 16.1 Å². The molecular formula is C23H24ClN3O3. The molecule has 156 valence electrons. The maximum Gasteiger partial charge on any atom is 0.258 e. The van der Waals surface area contributed by atoms with Crippen molar-refractivity contribution in [1.82, 2.24) is 15.1 Å². The first-order chi connectivity index (χ1) is 14.4. The Hall–Kier alpha value is -3.12. The highest BCUT2D eigenvalue weighted by Gasteiger charge is 2.31. The molecule has 1 N–H and O–H groups in total. The molecule has 1 aliphatic heterocycles. The highest BCUT2D eigenvalue weighted by molar-refractivity contribution is 6.30. The topological polar surface area (TPSA) is 69.7 Å². The first-order valence-corrected chi connectivity index (χ1v) is 10.2. The molecule has 0 spiro atoms. The Morgan fingerprint density at radius 3 is 2.40 bits per heavy atom. The van der Waals surface area contributed by atoms with E-state index in [-0.39, 0.29) is 37.2 Å². The van der Waals surface area contributed by atoms with Crippen LogP contribution in [0.15, 0.2) is 55.1 Å². The van der Waals surface area contributed by atoms with Crippen molar-refractivity contribution >= 4 is 35.0 Å². The minimum absolute atomic E-state index is 0.0297. The third-order valence-electron chi connectivity index (χ3n) is 5.06. The van der Waals surface area contributed by atoms with E-state index in [9.17, 15) is 14.4 Å². The van der Waals surface area contributed by atoms with E-state index in [1.165, 1.54) is 9.80 Å². The summed E-state index contributed by atoms with van der Waals surface area (Å²) in [6.07, 6.45) is 0.122. The molecule has 2 aromatic carbocycles. The summed E-state index contributed by atoms with van der Waals surface area (Å²) in [4.78, 5) is 40.4. The molecule has 3 rings (SSSR count). The van der Waals surface area contributed by atoms with Crippen LogP contribution in [0.5, 0.6) is 0 Å². The lowest BCUT2D eigenvalue weighted by molar-refractivity contribution is -0.136. The van der Waals surface area contributed by atoms with E-state index in [0.717, 1.165) is 11.1 Å². The molecule has 7 heteroatoms. The van der Waals surface area contributed by atoms with Gasteiger partial charge in [0.15, 0.2) is 0 Å². The summed E-state index contributed by atoms with van der Waals surface area (Å²) >= 11 is 5.86. The summed E-state index contributed by atoms with van der Waals surface area (Å²) in [5.41, 5.74) is 2.92. The molecule has 0 radical (unpaired) electrons. The number of halogens is 1. The van der Waals surface area contributed by atoms with Crippen LogP contribution in [0.4, 0.5) is 0 Å². The molecule has 0 bridgehead atoms. The molecule has 0 saturated carbocycles. The van der Waals surface area contributed by atoms with Gasteiger partial charge in [-0.2, -0.15) is 0 Å². The zero-order chi connectivity index (χ0) is 21.7. The van der Waals surface area contributed by atoms with Crippen LogP contribution in [0.3, 0.4) is 0 Å². The van der Waals surface area contributed by atoms with Crippen LogP contribution < -0.4 is 5.32 Å². The summed E-state index contributed by atoms with van der Waals surface area (Å²) in [6, 6.07) is 14.5. The van der Waals surface area contributed by atoms with E-state index in [1.54, 1.807) is 24.3 Å². The number of fused-ring (bicyclic) bond motifs is 1. The Morgan fingerprint density at radius 2 is 1.77 bits per heavy atom. The van der Waals surface area contributed by atoms with E-state index in [1.807, 2.05) is 31.2 Å². The maximum absolute atomic E-state index is 12.6. The number of hydrogen-bond acceptors (Lipinski definition) is 3. The fourth-order valence-electron chi connectivity index (χ4n) is 3.35. The number of rotatable bonds is 8. The van der Waals surface area contributed by atoms with Crippen molar-refractivity contribution in [1.29, 1.82) is 0 Å². The second-order valence-corrected chi connectivity index (χ2v) is 7.45. The highest BCUT2D eigenvalue weighted by Crippen LogP contribution is 2.31. The highest BCUT2D eigenvalue weighted by atomic mass is 35.5.